The van der Waals surface area contributed by atoms with Crippen molar-refractivity contribution in [3.8, 4) is 0 Å². The van der Waals surface area contributed by atoms with E-state index in [1.54, 1.807) is 13.0 Å². The van der Waals surface area contributed by atoms with Gasteiger partial charge in [-0.15, -0.1) is 0 Å². The predicted octanol–water partition coefficient (Wildman–Crippen LogP) is 4.48. The highest BCUT2D eigenvalue weighted by Gasteiger charge is 2.19. The van der Waals surface area contributed by atoms with Gasteiger partial charge in [0.05, 0.1) is 10.6 Å². The first-order valence-corrected chi connectivity index (χ1v) is 8.85. The molecule has 0 saturated heterocycles. The van der Waals surface area contributed by atoms with Crippen LogP contribution in [0.5, 0.6) is 0 Å². The number of aryl methyl sites for hydroxylation is 4. The number of hydrogen-bond acceptors (Lipinski definition) is 2. The largest absolute Gasteiger partial charge is 0.279 e. The summed E-state index contributed by atoms with van der Waals surface area (Å²) in [5, 5.41) is 0. The second-order valence-electron chi connectivity index (χ2n) is 5.29. The fourth-order valence-electron chi connectivity index (χ4n) is 2.26. The second kappa shape index (κ2) is 5.81. The van der Waals surface area contributed by atoms with Crippen LogP contribution in [-0.2, 0) is 10.0 Å². The summed E-state index contributed by atoms with van der Waals surface area (Å²) in [5.74, 6) is 0. The molecule has 0 bridgehead atoms. The summed E-state index contributed by atoms with van der Waals surface area (Å²) in [5.41, 5.74) is 4.07. The van der Waals surface area contributed by atoms with Crippen molar-refractivity contribution in [3.05, 3.63) is 57.1 Å². The maximum Gasteiger partial charge on any atom is 0.262 e. The van der Waals surface area contributed by atoms with E-state index >= 15 is 0 Å². The summed E-state index contributed by atoms with van der Waals surface area (Å²) in [6.45, 7) is 7.46. The normalized spacial score (nSPS) is 11.5. The van der Waals surface area contributed by atoms with Gasteiger partial charge in [0.15, 0.2) is 0 Å². The van der Waals surface area contributed by atoms with E-state index in [2.05, 4.69) is 20.7 Å². The molecule has 1 N–H and O–H groups in total. The minimum absolute atomic E-state index is 0.323. The molecule has 5 heteroatoms. The fourth-order valence-corrected chi connectivity index (χ4v) is 4.48. The van der Waals surface area contributed by atoms with Crippen molar-refractivity contribution in [2.45, 2.75) is 32.6 Å². The Labute approximate surface area is 134 Å². The van der Waals surface area contributed by atoms with Crippen LogP contribution in [-0.4, -0.2) is 8.42 Å². The maximum absolute atomic E-state index is 12.6. The van der Waals surface area contributed by atoms with Crippen LogP contribution < -0.4 is 4.72 Å². The Kier molecular flexibility index (Phi) is 4.44. The minimum Gasteiger partial charge on any atom is -0.279 e. The lowest BCUT2D eigenvalue weighted by atomic mass is 10.1. The summed E-state index contributed by atoms with van der Waals surface area (Å²) < 4.78 is 28.9. The first-order chi connectivity index (χ1) is 9.70. The molecule has 0 radical (unpaired) electrons. The molecule has 0 aliphatic rings. The summed E-state index contributed by atoms with van der Waals surface area (Å²) in [4.78, 5) is 0.323. The third-order valence-corrected chi connectivity index (χ3v) is 5.32. The summed E-state index contributed by atoms with van der Waals surface area (Å²) >= 11 is 3.42. The van der Waals surface area contributed by atoms with Crippen molar-refractivity contribution >= 4 is 31.6 Å². The Bertz CT molecular complexity index is 775. The first kappa shape index (κ1) is 16.0. The van der Waals surface area contributed by atoms with E-state index in [0.717, 1.165) is 26.7 Å². The standard InChI is InChI=1S/C16H18BrNO2S/c1-10-5-6-11(2)15(7-10)21(19,20)18-16-12(3)8-14(17)9-13(16)4/h5-9,18H,1-4H3. The summed E-state index contributed by atoms with van der Waals surface area (Å²) in [7, 11) is -3.59. The third-order valence-electron chi connectivity index (χ3n) is 3.37. The molecule has 0 spiro atoms. The van der Waals surface area contributed by atoms with Crippen molar-refractivity contribution in [3.63, 3.8) is 0 Å². The predicted molar refractivity (Wildman–Crippen MR) is 90.3 cm³/mol. The molecular weight excluding hydrogens is 350 g/mol. The van der Waals surface area contributed by atoms with Crippen molar-refractivity contribution in [2.75, 3.05) is 4.72 Å². The van der Waals surface area contributed by atoms with Crippen molar-refractivity contribution in [1.29, 1.82) is 0 Å². The molecular formula is C16H18BrNO2S. The highest BCUT2D eigenvalue weighted by atomic mass is 79.9. The van der Waals surface area contributed by atoms with Crippen LogP contribution >= 0.6 is 15.9 Å². The van der Waals surface area contributed by atoms with Crippen LogP contribution in [0.1, 0.15) is 22.3 Å². The van der Waals surface area contributed by atoms with E-state index in [9.17, 15) is 8.42 Å². The Morgan fingerprint density at radius 1 is 0.905 bits per heavy atom. The Hall–Kier alpha value is -1.33. The van der Waals surface area contributed by atoms with Gasteiger partial charge in [0, 0.05) is 4.47 Å². The zero-order chi connectivity index (χ0) is 15.8. The molecule has 2 aromatic rings. The molecule has 0 saturated carbocycles. The highest BCUT2D eigenvalue weighted by molar-refractivity contribution is 9.10. The van der Waals surface area contributed by atoms with Crippen LogP contribution in [0.3, 0.4) is 0 Å². The zero-order valence-corrected chi connectivity index (χ0v) is 14.9. The zero-order valence-electron chi connectivity index (χ0n) is 12.5. The van der Waals surface area contributed by atoms with E-state index in [-0.39, 0.29) is 0 Å². The van der Waals surface area contributed by atoms with Gasteiger partial charge in [0.25, 0.3) is 10.0 Å². The Morgan fingerprint density at radius 3 is 2.05 bits per heavy atom. The summed E-state index contributed by atoms with van der Waals surface area (Å²) in [6.07, 6.45) is 0. The van der Waals surface area contributed by atoms with Gasteiger partial charge in [-0.2, -0.15) is 0 Å². The van der Waals surface area contributed by atoms with E-state index < -0.39 is 10.0 Å². The van der Waals surface area contributed by atoms with E-state index in [4.69, 9.17) is 0 Å². The molecule has 3 nitrogen and oxygen atoms in total. The molecule has 112 valence electrons. The number of halogens is 1. The molecule has 0 fully saturated rings. The molecule has 0 aliphatic heterocycles. The number of anilines is 1. The van der Waals surface area contributed by atoms with Crippen LogP contribution in [0.2, 0.25) is 0 Å². The molecule has 0 aromatic heterocycles. The van der Waals surface area contributed by atoms with Crippen LogP contribution in [0.25, 0.3) is 0 Å². The highest BCUT2D eigenvalue weighted by Crippen LogP contribution is 2.28. The molecule has 0 unspecified atom stereocenters. The number of benzene rings is 2. The van der Waals surface area contributed by atoms with E-state index in [1.807, 2.05) is 45.0 Å². The van der Waals surface area contributed by atoms with Crippen molar-refractivity contribution < 1.29 is 8.42 Å². The smallest absolute Gasteiger partial charge is 0.262 e. The molecule has 0 amide bonds. The number of nitrogens with one attached hydrogen (secondary N) is 1. The molecule has 0 aliphatic carbocycles. The van der Waals surface area contributed by atoms with Gasteiger partial charge in [-0.1, -0.05) is 28.1 Å². The van der Waals surface area contributed by atoms with Gasteiger partial charge < -0.3 is 0 Å². The monoisotopic (exact) mass is 367 g/mol. The lowest BCUT2D eigenvalue weighted by molar-refractivity contribution is 0.600. The van der Waals surface area contributed by atoms with E-state index in [0.29, 0.717) is 10.6 Å². The van der Waals surface area contributed by atoms with E-state index in [1.165, 1.54) is 0 Å². The van der Waals surface area contributed by atoms with Gasteiger partial charge >= 0.3 is 0 Å². The molecule has 2 aromatic carbocycles. The van der Waals surface area contributed by atoms with Crippen LogP contribution in [0.4, 0.5) is 5.69 Å². The minimum atomic E-state index is -3.59. The molecule has 21 heavy (non-hydrogen) atoms. The average molecular weight is 368 g/mol. The first-order valence-electron chi connectivity index (χ1n) is 6.57. The lowest BCUT2D eigenvalue weighted by Gasteiger charge is -2.15. The second-order valence-corrected chi connectivity index (χ2v) is 7.86. The molecule has 2 rings (SSSR count). The number of hydrogen-bond donors (Lipinski definition) is 1. The van der Waals surface area contributed by atoms with Gasteiger partial charge in [-0.25, -0.2) is 8.42 Å². The van der Waals surface area contributed by atoms with Gasteiger partial charge in [-0.3, -0.25) is 4.72 Å². The summed E-state index contributed by atoms with van der Waals surface area (Å²) in [6, 6.07) is 9.22. The topological polar surface area (TPSA) is 46.2 Å². The van der Waals surface area contributed by atoms with Gasteiger partial charge in [0.2, 0.25) is 0 Å². The quantitative estimate of drug-likeness (QED) is 0.868. The molecule has 0 heterocycles. The lowest BCUT2D eigenvalue weighted by Crippen LogP contribution is -2.16. The average Bonchev–Trinajstić information content (AvgIpc) is 2.36. The van der Waals surface area contributed by atoms with Gasteiger partial charge in [-0.05, 0) is 68.1 Å². The Morgan fingerprint density at radius 2 is 1.48 bits per heavy atom. The number of rotatable bonds is 3. The van der Waals surface area contributed by atoms with Gasteiger partial charge in [0.1, 0.15) is 0 Å². The van der Waals surface area contributed by atoms with Crippen molar-refractivity contribution in [1.82, 2.24) is 0 Å². The van der Waals surface area contributed by atoms with Crippen molar-refractivity contribution in [2.24, 2.45) is 0 Å². The van der Waals surface area contributed by atoms with Crippen LogP contribution in [0, 0.1) is 27.7 Å². The number of sulfonamides is 1. The SMILES string of the molecule is Cc1ccc(C)c(S(=O)(=O)Nc2c(C)cc(Br)cc2C)c1. The molecule has 0 atom stereocenters. The fraction of sp³-hybridized carbons (Fsp3) is 0.250. The van der Waals surface area contributed by atoms with Crippen LogP contribution in [0.15, 0.2) is 39.7 Å². The Balaban J connectivity index is 2.50. The maximum atomic E-state index is 12.6. The third kappa shape index (κ3) is 3.47.